The minimum Gasteiger partial charge on any atom is -0.444 e. The first-order valence-electron chi connectivity index (χ1n) is 9.22. The van der Waals surface area contributed by atoms with Gasteiger partial charge in [-0.1, -0.05) is 12.0 Å². The summed E-state index contributed by atoms with van der Waals surface area (Å²) in [6.45, 7) is 7.07. The van der Waals surface area contributed by atoms with Crippen molar-refractivity contribution in [1.82, 2.24) is 9.80 Å². The van der Waals surface area contributed by atoms with Gasteiger partial charge in [0.15, 0.2) is 0 Å². The van der Waals surface area contributed by atoms with E-state index in [1.165, 1.54) is 0 Å². The lowest BCUT2D eigenvalue weighted by Crippen LogP contribution is -2.51. The first-order chi connectivity index (χ1) is 12.7. The molecule has 2 amide bonds. The van der Waals surface area contributed by atoms with Gasteiger partial charge in [-0.15, -0.1) is 6.42 Å². The van der Waals surface area contributed by atoms with Crippen LogP contribution < -0.4 is 5.32 Å². The minimum atomic E-state index is -0.511. The van der Waals surface area contributed by atoms with Crippen LogP contribution in [0.25, 0.3) is 0 Å². The molecule has 1 heterocycles. The van der Waals surface area contributed by atoms with E-state index in [2.05, 4.69) is 11.2 Å². The number of hydrogen-bond acceptors (Lipinski definition) is 4. The molecule has 1 aliphatic heterocycles. The van der Waals surface area contributed by atoms with Gasteiger partial charge in [-0.2, -0.15) is 0 Å². The van der Waals surface area contributed by atoms with Crippen molar-refractivity contribution in [2.75, 3.05) is 32.0 Å². The predicted octanol–water partition coefficient (Wildman–Crippen LogP) is 2.94. The van der Waals surface area contributed by atoms with Gasteiger partial charge in [-0.3, -0.25) is 9.69 Å². The molecule has 0 radical (unpaired) electrons. The molecular formula is C21H29N3O3. The normalized spacial score (nSPS) is 17.3. The van der Waals surface area contributed by atoms with Crippen molar-refractivity contribution < 1.29 is 14.3 Å². The van der Waals surface area contributed by atoms with Gasteiger partial charge in [-0.05, 0) is 58.9 Å². The second-order valence-electron chi connectivity index (χ2n) is 7.91. The molecule has 1 unspecified atom stereocenters. The number of likely N-dealkylation sites (tertiary alicyclic amines) is 1. The number of terminal acetylenes is 1. The average molecular weight is 371 g/mol. The summed E-state index contributed by atoms with van der Waals surface area (Å²) in [5.74, 6) is 2.44. The molecule has 1 N–H and O–H groups in total. The van der Waals surface area contributed by atoms with E-state index >= 15 is 0 Å². The Morgan fingerprint density at radius 1 is 1.41 bits per heavy atom. The van der Waals surface area contributed by atoms with Crippen LogP contribution in [0.15, 0.2) is 24.3 Å². The largest absolute Gasteiger partial charge is 0.444 e. The van der Waals surface area contributed by atoms with Gasteiger partial charge in [0.05, 0.1) is 6.54 Å². The van der Waals surface area contributed by atoms with Crippen LogP contribution in [0.1, 0.15) is 39.2 Å². The maximum absolute atomic E-state index is 12.4. The Hall–Kier alpha value is -2.52. The molecule has 1 aliphatic rings. The molecule has 1 saturated heterocycles. The fourth-order valence-electron chi connectivity index (χ4n) is 3.05. The number of benzene rings is 1. The zero-order valence-corrected chi connectivity index (χ0v) is 16.6. The van der Waals surface area contributed by atoms with E-state index in [4.69, 9.17) is 11.2 Å². The van der Waals surface area contributed by atoms with E-state index < -0.39 is 5.60 Å². The van der Waals surface area contributed by atoms with Gasteiger partial charge in [0.2, 0.25) is 5.91 Å². The number of carbonyl (C=O) groups excluding carboxylic acids is 2. The third-order valence-electron chi connectivity index (χ3n) is 4.38. The lowest BCUT2D eigenvalue weighted by atomic mass is 10.0. The fraction of sp³-hybridized carbons (Fsp3) is 0.524. The summed E-state index contributed by atoms with van der Waals surface area (Å²) in [6.07, 6.45) is 6.92. The number of nitrogens with one attached hydrogen (secondary N) is 1. The number of likely N-dealkylation sites (N-methyl/N-ethyl adjacent to an activating group) is 1. The maximum Gasteiger partial charge on any atom is 0.410 e. The molecule has 0 bridgehead atoms. The molecule has 6 heteroatoms. The summed E-state index contributed by atoms with van der Waals surface area (Å²) in [5, 5.41) is 2.87. The summed E-state index contributed by atoms with van der Waals surface area (Å²) in [4.78, 5) is 28.4. The van der Waals surface area contributed by atoms with Crippen LogP contribution in [0.3, 0.4) is 0 Å². The smallest absolute Gasteiger partial charge is 0.410 e. The van der Waals surface area contributed by atoms with Gasteiger partial charge < -0.3 is 15.0 Å². The highest BCUT2D eigenvalue weighted by atomic mass is 16.6. The Labute approximate surface area is 161 Å². The number of rotatable bonds is 4. The van der Waals surface area contributed by atoms with E-state index in [1.807, 2.05) is 50.9 Å². The van der Waals surface area contributed by atoms with Crippen LogP contribution >= 0.6 is 0 Å². The maximum atomic E-state index is 12.4. The van der Waals surface area contributed by atoms with Gasteiger partial charge in [0.25, 0.3) is 0 Å². The Morgan fingerprint density at radius 3 is 2.81 bits per heavy atom. The number of hydrogen-bond donors (Lipinski definition) is 1. The van der Waals surface area contributed by atoms with Gasteiger partial charge >= 0.3 is 6.09 Å². The second-order valence-corrected chi connectivity index (χ2v) is 7.91. The SMILES string of the molecule is C#Cc1cccc(NC(=O)CN(C)C2CCCN(C(=O)OC(C)(C)C)C2)c1. The molecule has 27 heavy (non-hydrogen) atoms. The number of nitrogens with zero attached hydrogens (tertiary/aromatic N) is 2. The van der Waals surface area contributed by atoms with Crippen LogP contribution in [0.4, 0.5) is 10.5 Å². The first-order valence-corrected chi connectivity index (χ1v) is 9.22. The zero-order chi connectivity index (χ0) is 20.0. The van der Waals surface area contributed by atoms with Crippen molar-refractivity contribution in [1.29, 1.82) is 0 Å². The van der Waals surface area contributed by atoms with Gasteiger partial charge in [-0.25, -0.2) is 4.79 Å². The number of ether oxygens (including phenoxy) is 1. The molecule has 1 aromatic rings. The van der Waals surface area contributed by atoms with E-state index in [9.17, 15) is 9.59 Å². The summed E-state index contributed by atoms with van der Waals surface area (Å²) in [5.41, 5.74) is 0.896. The van der Waals surface area contributed by atoms with Crippen molar-refractivity contribution in [3.8, 4) is 12.3 Å². The highest BCUT2D eigenvalue weighted by molar-refractivity contribution is 5.92. The third-order valence-corrected chi connectivity index (χ3v) is 4.38. The molecular weight excluding hydrogens is 342 g/mol. The lowest BCUT2D eigenvalue weighted by Gasteiger charge is -2.37. The molecule has 1 fully saturated rings. The monoisotopic (exact) mass is 371 g/mol. The van der Waals surface area contributed by atoms with Gasteiger partial charge in [0, 0.05) is 30.4 Å². The molecule has 1 aromatic carbocycles. The number of carbonyl (C=O) groups is 2. The molecule has 6 nitrogen and oxygen atoms in total. The standard InChI is InChI=1S/C21H29N3O3/c1-6-16-9-7-10-17(13-16)22-19(25)15-23(5)18-11-8-12-24(14-18)20(26)27-21(2,3)4/h1,7,9-10,13,18H,8,11-12,14-15H2,2-5H3,(H,22,25). The number of amides is 2. The van der Waals surface area contributed by atoms with Crippen molar-refractivity contribution in [3.63, 3.8) is 0 Å². The van der Waals surface area contributed by atoms with E-state index in [1.54, 1.807) is 11.0 Å². The Balaban J connectivity index is 1.89. The fourth-order valence-corrected chi connectivity index (χ4v) is 3.05. The van der Waals surface area contributed by atoms with Crippen LogP contribution in [0.2, 0.25) is 0 Å². The van der Waals surface area contributed by atoms with E-state index in [0.717, 1.165) is 18.4 Å². The van der Waals surface area contributed by atoms with Crippen LogP contribution in [-0.4, -0.2) is 60.1 Å². The van der Waals surface area contributed by atoms with Crippen molar-refractivity contribution in [2.24, 2.45) is 0 Å². The predicted molar refractivity (Wildman–Crippen MR) is 106 cm³/mol. The Kier molecular flexibility index (Phi) is 6.86. The average Bonchev–Trinajstić information content (AvgIpc) is 2.60. The first kappa shape index (κ1) is 20.8. The summed E-state index contributed by atoms with van der Waals surface area (Å²) in [7, 11) is 1.90. The second kappa shape index (κ2) is 8.92. The van der Waals surface area contributed by atoms with E-state index in [0.29, 0.717) is 18.8 Å². The number of anilines is 1. The minimum absolute atomic E-state index is 0.110. The molecule has 2 rings (SSSR count). The van der Waals surface area contributed by atoms with Crippen molar-refractivity contribution in [2.45, 2.75) is 45.3 Å². The third kappa shape index (κ3) is 6.61. The quantitative estimate of drug-likeness (QED) is 0.827. The molecule has 0 spiro atoms. The highest BCUT2D eigenvalue weighted by Gasteiger charge is 2.29. The topological polar surface area (TPSA) is 61.9 Å². The molecule has 0 aromatic heterocycles. The molecule has 1 atom stereocenters. The Morgan fingerprint density at radius 2 is 2.15 bits per heavy atom. The highest BCUT2D eigenvalue weighted by Crippen LogP contribution is 2.18. The zero-order valence-electron chi connectivity index (χ0n) is 16.6. The van der Waals surface area contributed by atoms with Crippen molar-refractivity contribution >= 4 is 17.7 Å². The number of piperidine rings is 1. The summed E-state index contributed by atoms with van der Waals surface area (Å²) >= 11 is 0. The Bertz CT molecular complexity index is 718. The summed E-state index contributed by atoms with van der Waals surface area (Å²) < 4.78 is 5.46. The van der Waals surface area contributed by atoms with E-state index in [-0.39, 0.29) is 24.6 Å². The molecule has 146 valence electrons. The lowest BCUT2D eigenvalue weighted by molar-refractivity contribution is -0.117. The molecule has 0 aliphatic carbocycles. The van der Waals surface area contributed by atoms with Gasteiger partial charge in [0.1, 0.15) is 5.60 Å². The summed E-state index contributed by atoms with van der Waals surface area (Å²) in [6, 6.07) is 7.32. The van der Waals surface area contributed by atoms with Crippen LogP contribution in [-0.2, 0) is 9.53 Å². The van der Waals surface area contributed by atoms with Crippen LogP contribution in [0, 0.1) is 12.3 Å². The van der Waals surface area contributed by atoms with Crippen LogP contribution in [0.5, 0.6) is 0 Å². The molecule has 0 saturated carbocycles. The van der Waals surface area contributed by atoms with Crippen molar-refractivity contribution in [3.05, 3.63) is 29.8 Å².